The van der Waals surface area contributed by atoms with E-state index in [1.54, 1.807) is 13.8 Å². The Balaban J connectivity index is 2.83. The molecule has 0 aromatic heterocycles. The molecule has 1 aromatic rings. The first-order valence-electron chi connectivity index (χ1n) is 5.37. The molecule has 0 saturated heterocycles. The highest BCUT2D eigenvalue weighted by molar-refractivity contribution is 6.39. The lowest BCUT2D eigenvalue weighted by molar-refractivity contribution is -0.387. The van der Waals surface area contributed by atoms with Gasteiger partial charge in [0, 0.05) is 17.8 Å². The van der Waals surface area contributed by atoms with Crippen LogP contribution < -0.4 is 10.6 Å². The topological polar surface area (TPSA) is 101 Å². The van der Waals surface area contributed by atoms with Crippen LogP contribution in [0.5, 0.6) is 0 Å². The normalized spacial score (nSPS) is 10.1. The number of rotatable bonds is 3. The zero-order chi connectivity index (χ0) is 14.6. The summed E-state index contributed by atoms with van der Waals surface area (Å²) in [6.45, 7) is 3.35. The number of hydrogen-bond acceptors (Lipinski definition) is 4. The number of nitro benzene ring substituents is 1. The minimum Gasteiger partial charge on any atom is -0.346 e. The molecular formula is C11H12FN3O4. The average Bonchev–Trinajstić information content (AvgIpc) is 2.30. The van der Waals surface area contributed by atoms with E-state index in [1.165, 1.54) is 0 Å². The van der Waals surface area contributed by atoms with Gasteiger partial charge in [0.05, 0.1) is 4.92 Å². The van der Waals surface area contributed by atoms with E-state index in [0.717, 1.165) is 18.2 Å². The summed E-state index contributed by atoms with van der Waals surface area (Å²) >= 11 is 0. The Morgan fingerprint density at radius 2 is 1.95 bits per heavy atom. The SMILES string of the molecule is CC(C)NC(=O)C(=O)Nc1ccc(F)c([N+](=O)[O-])c1. The first-order chi connectivity index (χ1) is 8.81. The lowest BCUT2D eigenvalue weighted by Gasteiger charge is -2.08. The second-order valence-electron chi connectivity index (χ2n) is 4.01. The number of halogens is 1. The largest absolute Gasteiger partial charge is 0.346 e. The third kappa shape index (κ3) is 4.02. The number of carbonyl (C=O) groups excluding carboxylic acids is 2. The fourth-order valence-corrected chi connectivity index (χ4v) is 1.25. The van der Waals surface area contributed by atoms with Crippen molar-refractivity contribution in [3.63, 3.8) is 0 Å². The van der Waals surface area contributed by atoms with Crippen molar-refractivity contribution in [2.45, 2.75) is 19.9 Å². The van der Waals surface area contributed by atoms with Crippen molar-refractivity contribution in [3.05, 3.63) is 34.1 Å². The van der Waals surface area contributed by atoms with Gasteiger partial charge in [0.15, 0.2) is 0 Å². The van der Waals surface area contributed by atoms with Crippen LogP contribution in [-0.2, 0) is 9.59 Å². The molecule has 2 N–H and O–H groups in total. The Labute approximate surface area is 107 Å². The Kier molecular flexibility index (Phi) is 4.51. The predicted molar refractivity (Wildman–Crippen MR) is 65.0 cm³/mol. The van der Waals surface area contributed by atoms with Gasteiger partial charge in [0.25, 0.3) is 0 Å². The Hall–Kier alpha value is -2.51. The van der Waals surface area contributed by atoms with Crippen LogP contribution in [0, 0.1) is 15.9 Å². The van der Waals surface area contributed by atoms with Crippen molar-refractivity contribution in [2.24, 2.45) is 0 Å². The van der Waals surface area contributed by atoms with Gasteiger partial charge in [-0.05, 0) is 26.0 Å². The fourth-order valence-electron chi connectivity index (χ4n) is 1.25. The van der Waals surface area contributed by atoms with E-state index in [0.29, 0.717) is 0 Å². The number of nitro groups is 1. The summed E-state index contributed by atoms with van der Waals surface area (Å²) < 4.78 is 13.1. The number of nitrogens with one attached hydrogen (secondary N) is 2. The highest BCUT2D eigenvalue weighted by Gasteiger charge is 2.18. The molecule has 0 aliphatic carbocycles. The molecule has 2 amide bonds. The molecule has 0 heterocycles. The molecule has 0 fully saturated rings. The lowest BCUT2D eigenvalue weighted by Crippen LogP contribution is -2.39. The third-order valence-electron chi connectivity index (χ3n) is 2.03. The van der Waals surface area contributed by atoms with Gasteiger partial charge in [0.1, 0.15) is 0 Å². The monoisotopic (exact) mass is 269 g/mol. The number of hydrogen-bond donors (Lipinski definition) is 2. The standard InChI is InChI=1S/C11H12FN3O4/c1-6(2)13-10(16)11(17)14-7-3-4-8(12)9(5-7)15(18)19/h3-6H,1-2H3,(H,13,16)(H,14,17). The van der Waals surface area contributed by atoms with Gasteiger partial charge < -0.3 is 10.6 Å². The molecule has 8 heteroatoms. The first kappa shape index (κ1) is 14.6. The molecule has 0 aliphatic rings. The molecule has 102 valence electrons. The molecule has 0 aliphatic heterocycles. The third-order valence-corrected chi connectivity index (χ3v) is 2.03. The number of amides is 2. The van der Waals surface area contributed by atoms with E-state index >= 15 is 0 Å². The van der Waals surface area contributed by atoms with Crippen molar-refractivity contribution in [1.29, 1.82) is 0 Å². The molecule has 0 unspecified atom stereocenters. The molecule has 19 heavy (non-hydrogen) atoms. The van der Waals surface area contributed by atoms with E-state index < -0.39 is 28.2 Å². The molecule has 1 rings (SSSR count). The van der Waals surface area contributed by atoms with E-state index in [2.05, 4.69) is 10.6 Å². The molecule has 0 spiro atoms. The molecular weight excluding hydrogens is 257 g/mol. The van der Waals surface area contributed by atoms with Crippen LogP contribution in [0.15, 0.2) is 18.2 Å². The predicted octanol–water partition coefficient (Wildman–Crippen LogP) is 1.20. The second kappa shape index (κ2) is 5.89. The quantitative estimate of drug-likeness (QED) is 0.489. The number of carbonyl (C=O) groups is 2. The second-order valence-corrected chi connectivity index (χ2v) is 4.01. The first-order valence-corrected chi connectivity index (χ1v) is 5.37. The highest BCUT2D eigenvalue weighted by atomic mass is 19.1. The highest BCUT2D eigenvalue weighted by Crippen LogP contribution is 2.21. The number of benzene rings is 1. The smallest absolute Gasteiger partial charge is 0.313 e. The van der Waals surface area contributed by atoms with Crippen LogP contribution in [0.4, 0.5) is 15.8 Å². The Morgan fingerprint density at radius 1 is 1.32 bits per heavy atom. The fraction of sp³-hybridized carbons (Fsp3) is 0.273. The minimum absolute atomic E-state index is 0.0305. The molecule has 1 aromatic carbocycles. The van der Waals surface area contributed by atoms with Crippen LogP contribution in [0.1, 0.15) is 13.8 Å². The summed E-state index contributed by atoms with van der Waals surface area (Å²) in [5.74, 6) is -2.87. The molecule has 0 bridgehead atoms. The summed E-state index contributed by atoms with van der Waals surface area (Å²) in [5, 5.41) is 15.0. The van der Waals surface area contributed by atoms with Gasteiger partial charge in [0.2, 0.25) is 5.82 Å². The van der Waals surface area contributed by atoms with Gasteiger partial charge in [-0.3, -0.25) is 19.7 Å². The van der Waals surface area contributed by atoms with Crippen molar-refractivity contribution in [3.8, 4) is 0 Å². The Bertz CT molecular complexity index is 531. The summed E-state index contributed by atoms with van der Waals surface area (Å²) in [6.07, 6.45) is 0. The van der Waals surface area contributed by atoms with E-state index in [1.807, 2.05) is 0 Å². The van der Waals surface area contributed by atoms with Crippen LogP contribution in [0.3, 0.4) is 0 Å². The van der Waals surface area contributed by atoms with Gasteiger partial charge in [-0.2, -0.15) is 4.39 Å². The van der Waals surface area contributed by atoms with Gasteiger partial charge >= 0.3 is 17.5 Å². The Morgan fingerprint density at radius 3 is 2.47 bits per heavy atom. The molecule has 0 atom stereocenters. The maximum absolute atomic E-state index is 13.1. The van der Waals surface area contributed by atoms with E-state index in [4.69, 9.17) is 0 Å². The summed E-state index contributed by atoms with van der Waals surface area (Å²) in [4.78, 5) is 32.3. The molecule has 7 nitrogen and oxygen atoms in total. The van der Waals surface area contributed by atoms with Crippen LogP contribution in [0.2, 0.25) is 0 Å². The zero-order valence-electron chi connectivity index (χ0n) is 10.3. The van der Waals surface area contributed by atoms with Crippen LogP contribution in [-0.4, -0.2) is 22.8 Å². The summed E-state index contributed by atoms with van der Waals surface area (Å²) in [7, 11) is 0. The van der Waals surface area contributed by atoms with Crippen LogP contribution in [0.25, 0.3) is 0 Å². The van der Waals surface area contributed by atoms with Gasteiger partial charge in [-0.1, -0.05) is 0 Å². The van der Waals surface area contributed by atoms with Crippen molar-refractivity contribution in [1.82, 2.24) is 5.32 Å². The molecule has 0 radical (unpaired) electrons. The summed E-state index contributed by atoms with van der Waals surface area (Å²) in [6, 6.07) is 2.59. The van der Waals surface area contributed by atoms with E-state index in [-0.39, 0.29) is 11.7 Å². The van der Waals surface area contributed by atoms with Crippen molar-refractivity contribution >= 4 is 23.2 Å². The maximum atomic E-state index is 13.1. The average molecular weight is 269 g/mol. The summed E-state index contributed by atoms with van der Waals surface area (Å²) in [5.41, 5.74) is -0.806. The zero-order valence-corrected chi connectivity index (χ0v) is 10.3. The number of anilines is 1. The number of nitrogens with zero attached hydrogens (tertiary/aromatic N) is 1. The lowest BCUT2D eigenvalue weighted by atomic mass is 10.2. The van der Waals surface area contributed by atoms with Crippen LogP contribution >= 0.6 is 0 Å². The van der Waals surface area contributed by atoms with Gasteiger partial charge in [-0.15, -0.1) is 0 Å². The maximum Gasteiger partial charge on any atom is 0.313 e. The van der Waals surface area contributed by atoms with Gasteiger partial charge in [-0.25, -0.2) is 0 Å². The van der Waals surface area contributed by atoms with E-state index in [9.17, 15) is 24.1 Å². The van der Waals surface area contributed by atoms with Crippen molar-refractivity contribution in [2.75, 3.05) is 5.32 Å². The molecule has 0 saturated carbocycles. The van der Waals surface area contributed by atoms with Crippen molar-refractivity contribution < 1.29 is 18.9 Å². The minimum atomic E-state index is -1.02.